The van der Waals surface area contributed by atoms with Crippen LogP contribution in [0, 0.1) is 11.3 Å². The van der Waals surface area contributed by atoms with Crippen molar-refractivity contribution in [3.63, 3.8) is 0 Å². The van der Waals surface area contributed by atoms with E-state index < -0.39 is 5.41 Å². The summed E-state index contributed by atoms with van der Waals surface area (Å²) in [5, 5.41) is 5.51. The van der Waals surface area contributed by atoms with Crippen molar-refractivity contribution in [2.75, 3.05) is 13.1 Å². The lowest BCUT2D eigenvalue weighted by atomic mass is 10.1. The van der Waals surface area contributed by atoms with Gasteiger partial charge in [-0.3, -0.25) is 9.59 Å². The lowest BCUT2D eigenvalue weighted by Crippen LogP contribution is -2.41. The zero-order chi connectivity index (χ0) is 13.8. The molecule has 0 spiro atoms. The summed E-state index contributed by atoms with van der Waals surface area (Å²) in [6.45, 7) is 5.04. The molecule has 6 heteroatoms. The van der Waals surface area contributed by atoms with Crippen molar-refractivity contribution in [3.05, 3.63) is 0 Å². The van der Waals surface area contributed by atoms with E-state index in [1.54, 1.807) is 0 Å². The molecular weight excluding hydrogens is 250 g/mol. The molecule has 102 valence electrons. The number of amides is 2. The van der Waals surface area contributed by atoms with Gasteiger partial charge in [-0.05, 0) is 18.8 Å². The summed E-state index contributed by atoms with van der Waals surface area (Å²) in [5.74, 6) is 0.226. The fourth-order valence-electron chi connectivity index (χ4n) is 1.58. The molecule has 18 heavy (non-hydrogen) atoms. The zero-order valence-corrected chi connectivity index (χ0v) is 11.7. The fraction of sp³-hybridized carbons (Fsp3) is 0.750. The molecular formula is C12H21N3O2S. The Hall–Kier alpha value is -1.17. The maximum absolute atomic E-state index is 11.8. The Morgan fingerprint density at radius 1 is 1.33 bits per heavy atom. The number of carbonyl (C=O) groups excluding carboxylic acids is 2. The number of nitrogens with two attached hydrogens (primary N) is 1. The van der Waals surface area contributed by atoms with Gasteiger partial charge in [0.15, 0.2) is 0 Å². The minimum atomic E-state index is -0.635. The zero-order valence-electron chi connectivity index (χ0n) is 10.9. The molecule has 0 aromatic rings. The number of carbonyl (C=O) groups is 2. The number of hydrogen-bond donors (Lipinski definition) is 3. The summed E-state index contributed by atoms with van der Waals surface area (Å²) in [6.07, 6.45) is 1.72. The molecule has 5 nitrogen and oxygen atoms in total. The van der Waals surface area contributed by atoms with Crippen molar-refractivity contribution >= 4 is 29.0 Å². The van der Waals surface area contributed by atoms with Gasteiger partial charge in [0.2, 0.25) is 11.8 Å². The third kappa shape index (κ3) is 3.94. The van der Waals surface area contributed by atoms with E-state index in [0.717, 1.165) is 0 Å². The van der Waals surface area contributed by atoms with Crippen LogP contribution in [0.15, 0.2) is 0 Å². The highest BCUT2D eigenvalue weighted by atomic mass is 32.1. The Balaban J connectivity index is 2.20. The Bertz CT molecular complexity index is 351. The molecule has 0 aromatic heterocycles. The van der Waals surface area contributed by atoms with Crippen LogP contribution in [0.4, 0.5) is 0 Å². The third-order valence-corrected chi connectivity index (χ3v) is 3.39. The molecule has 1 saturated carbocycles. The van der Waals surface area contributed by atoms with Gasteiger partial charge >= 0.3 is 0 Å². The van der Waals surface area contributed by atoms with Crippen LogP contribution in [0.1, 0.15) is 33.1 Å². The van der Waals surface area contributed by atoms with Crippen LogP contribution < -0.4 is 16.4 Å². The highest BCUT2D eigenvalue weighted by molar-refractivity contribution is 7.80. The standard InChI is InChI=1S/C12H21N3O2S/c1-8(2)7-15-9(16)3-6-14-11(17)12(4-5-12)10(13)18/h8H,3-7H2,1-2H3,(H2,13,18)(H,14,17)(H,15,16). The predicted molar refractivity (Wildman–Crippen MR) is 73.9 cm³/mol. The van der Waals surface area contributed by atoms with Crippen molar-refractivity contribution in [1.82, 2.24) is 10.6 Å². The van der Waals surface area contributed by atoms with E-state index in [9.17, 15) is 9.59 Å². The van der Waals surface area contributed by atoms with E-state index in [-0.39, 0.29) is 23.2 Å². The quantitative estimate of drug-likeness (QED) is 0.583. The Morgan fingerprint density at radius 2 is 1.94 bits per heavy atom. The van der Waals surface area contributed by atoms with Gasteiger partial charge in [0, 0.05) is 19.5 Å². The molecule has 0 aliphatic heterocycles. The van der Waals surface area contributed by atoms with Gasteiger partial charge in [0.05, 0.1) is 10.4 Å². The van der Waals surface area contributed by atoms with E-state index in [2.05, 4.69) is 10.6 Å². The average molecular weight is 271 g/mol. The molecule has 4 N–H and O–H groups in total. The molecule has 1 rings (SSSR count). The molecule has 0 unspecified atom stereocenters. The number of nitrogens with one attached hydrogen (secondary N) is 2. The largest absolute Gasteiger partial charge is 0.392 e. The summed E-state index contributed by atoms with van der Waals surface area (Å²) in [4.78, 5) is 23.5. The molecule has 1 fully saturated rings. The Labute approximate surface area is 113 Å². The maximum Gasteiger partial charge on any atom is 0.233 e. The molecule has 2 amide bonds. The van der Waals surface area contributed by atoms with Crippen LogP contribution in [-0.4, -0.2) is 29.9 Å². The summed E-state index contributed by atoms with van der Waals surface area (Å²) >= 11 is 4.88. The van der Waals surface area contributed by atoms with Gasteiger partial charge < -0.3 is 16.4 Å². The lowest BCUT2D eigenvalue weighted by molar-refractivity contribution is -0.124. The maximum atomic E-state index is 11.8. The van der Waals surface area contributed by atoms with Gasteiger partial charge in [-0.1, -0.05) is 26.1 Å². The Kier molecular flexibility index (Phi) is 5.07. The topological polar surface area (TPSA) is 84.2 Å². The summed E-state index contributed by atoms with van der Waals surface area (Å²) in [6, 6.07) is 0. The fourth-order valence-corrected chi connectivity index (χ4v) is 1.87. The predicted octanol–water partition coefficient (Wildman–Crippen LogP) is 0.331. The highest BCUT2D eigenvalue weighted by Crippen LogP contribution is 2.46. The van der Waals surface area contributed by atoms with Crippen molar-refractivity contribution in [3.8, 4) is 0 Å². The minimum Gasteiger partial charge on any atom is -0.392 e. The van der Waals surface area contributed by atoms with E-state index >= 15 is 0 Å². The Morgan fingerprint density at radius 3 is 2.39 bits per heavy atom. The molecule has 0 saturated heterocycles. The number of thiocarbonyl (C=S) groups is 1. The second kappa shape index (κ2) is 6.13. The van der Waals surface area contributed by atoms with Gasteiger partial charge in [-0.25, -0.2) is 0 Å². The first-order valence-corrected chi connectivity index (χ1v) is 6.64. The summed E-state index contributed by atoms with van der Waals surface area (Å²) < 4.78 is 0. The van der Waals surface area contributed by atoms with Crippen LogP contribution in [-0.2, 0) is 9.59 Å². The second-order valence-corrected chi connectivity index (χ2v) is 5.59. The highest BCUT2D eigenvalue weighted by Gasteiger charge is 2.52. The van der Waals surface area contributed by atoms with E-state index in [1.165, 1.54) is 0 Å². The second-order valence-electron chi connectivity index (χ2n) is 5.15. The lowest BCUT2D eigenvalue weighted by Gasteiger charge is -2.13. The summed E-state index contributed by atoms with van der Waals surface area (Å²) in [5.41, 5.74) is 4.90. The van der Waals surface area contributed by atoms with Crippen LogP contribution in [0.3, 0.4) is 0 Å². The normalized spacial score (nSPS) is 16.2. The minimum absolute atomic E-state index is 0.0517. The van der Waals surface area contributed by atoms with E-state index in [4.69, 9.17) is 18.0 Å². The number of hydrogen-bond acceptors (Lipinski definition) is 3. The molecule has 0 atom stereocenters. The first-order chi connectivity index (χ1) is 8.38. The number of rotatable bonds is 7. The van der Waals surface area contributed by atoms with E-state index in [0.29, 0.717) is 31.8 Å². The molecule has 1 aliphatic carbocycles. The van der Waals surface area contributed by atoms with Gasteiger partial charge in [0.25, 0.3) is 0 Å². The van der Waals surface area contributed by atoms with Crippen LogP contribution in [0.5, 0.6) is 0 Å². The molecule has 0 heterocycles. The smallest absolute Gasteiger partial charge is 0.233 e. The third-order valence-electron chi connectivity index (χ3n) is 3.00. The van der Waals surface area contributed by atoms with Crippen molar-refractivity contribution in [2.45, 2.75) is 33.1 Å². The molecule has 0 radical (unpaired) electrons. The van der Waals surface area contributed by atoms with E-state index in [1.807, 2.05) is 13.8 Å². The van der Waals surface area contributed by atoms with Gasteiger partial charge in [-0.2, -0.15) is 0 Å². The van der Waals surface area contributed by atoms with Gasteiger partial charge in [0.1, 0.15) is 0 Å². The van der Waals surface area contributed by atoms with Crippen LogP contribution >= 0.6 is 12.2 Å². The molecule has 1 aliphatic rings. The van der Waals surface area contributed by atoms with Crippen molar-refractivity contribution < 1.29 is 9.59 Å². The van der Waals surface area contributed by atoms with Crippen molar-refractivity contribution in [2.24, 2.45) is 17.1 Å². The van der Waals surface area contributed by atoms with Crippen LogP contribution in [0.2, 0.25) is 0 Å². The molecule has 0 bridgehead atoms. The first kappa shape index (κ1) is 14.9. The molecule has 0 aromatic carbocycles. The average Bonchev–Trinajstić information content (AvgIpc) is 3.07. The SMILES string of the molecule is CC(C)CNC(=O)CCNC(=O)C1(C(N)=S)CC1. The van der Waals surface area contributed by atoms with Gasteiger partial charge in [-0.15, -0.1) is 0 Å². The first-order valence-electron chi connectivity index (χ1n) is 6.23. The monoisotopic (exact) mass is 271 g/mol. The summed E-state index contributed by atoms with van der Waals surface area (Å²) in [7, 11) is 0. The van der Waals surface area contributed by atoms with Crippen molar-refractivity contribution in [1.29, 1.82) is 0 Å². The van der Waals surface area contributed by atoms with Crippen LogP contribution in [0.25, 0.3) is 0 Å².